The summed E-state index contributed by atoms with van der Waals surface area (Å²) in [7, 11) is 0. The van der Waals surface area contributed by atoms with Crippen molar-refractivity contribution in [3.63, 3.8) is 0 Å². The van der Waals surface area contributed by atoms with Crippen molar-refractivity contribution >= 4 is 17.1 Å². The molecule has 3 N–H and O–H groups in total. The van der Waals surface area contributed by atoms with Gasteiger partial charge in [0.25, 0.3) is 0 Å². The Morgan fingerprint density at radius 3 is 1.66 bits per heavy atom. The van der Waals surface area contributed by atoms with Crippen molar-refractivity contribution in [2.24, 2.45) is 5.73 Å². The van der Waals surface area contributed by atoms with Crippen LogP contribution < -0.4 is 10.6 Å². The Balaban J connectivity index is 1.95. The number of hydrogen-bond acceptors (Lipinski definition) is 4. The number of aromatic nitrogens is 1. The number of rotatable bonds is 4. The molecule has 0 atom stereocenters. The molecule has 3 rings (SSSR count). The number of hydrogen-bond donors (Lipinski definition) is 2. The molecule has 0 radical (unpaired) electrons. The van der Waals surface area contributed by atoms with E-state index in [9.17, 15) is 13.2 Å². The summed E-state index contributed by atoms with van der Waals surface area (Å²) in [5, 5.41) is 7.86. The zero-order valence-electron chi connectivity index (χ0n) is 22.5. The summed E-state index contributed by atoms with van der Waals surface area (Å²) in [6.45, 7) is 13.0. The summed E-state index contributed by atoms with van der Waals surface area (Å²) in [6, 6.07) is 22.8. The quantitative estimate of drug-likeness (QED) is 0.212. The second-order valence-corrected chi connectivity index (χ2v) is 11.1. The number of allylic oxidation sites excluding steroid dienone is 2. The van der Waals surface area contributed by atoms with Gasteiger partial charge >= 0.3 is 6.18 Å². The van der Waals surface area contributed by atoms with E-state index in [1.165, 1.54) is 23.4 Å². The van der Waals surface area contributed by atoms with Crippen molar-refractivity contribution in [3.8, 4) is 12.0 Å². The summed E-state index contributed by atoms with van der Waals surface area (Å²) in [4.78, 5) is 5.99. The van der Waals surface area contributed by atoms with Crippen molar-refractivity contribution < 1.29 is 13.2 Å². The van der Waals surface area contributed by atoms with E-state index in [0.29, 0.717) is 11.6 Å². The van der Waals surface area contributed by atoms with Gasteiger partial charge in [0, 0.05) is 17.8 Å². The van der Waals surface area contributed by atoms with Crippen LogP contribution in [-0.4, -0.2) is 16.9 Å². The molecule has 1 heterocycles. The van der Waals surface area contributed by atoms with Gasteiger partial charge in [0.05, 0.1) is 22.8 Å². The highest BCUT2D eigenvalue weighted by atomic mass is 19.4. The molecule has 0 spiro atoms. The van der Waals surface area contributed by atoms with Crippen LogP contribution in [0.5, 0.6) is 0 Å². The molecule has 4 nitrogen and oxygen atoms in total. The molecular weight excluding hydrogens is 485 g/mol. The van der Waals surface area contributed by atoms with Crippen molar-refractivity contribution in [1.82, 2.24) is 4.98 Å². The fourth-order valence-electron chi connectivity index (χ4n) is 3.56. The average molecular weight is 519 g/mol. The first-order valence-corrected chi connectivity index (χ1v) is 12.2. The largest absolute Gasteiger partial charge is 0.430 e. The van der Waals surface area contributed by atoms with Crippen LogP contribution in [0, 0.1) is 17.4 Å². The minimum Gasteiger partial charge on any atom is -0.395 e. The van der Waals surface area contributed by atoms with Crippen molar-refractivity contribution in [3.05, 3.63) is 101 Å². The van der Waals surface area contributed by atoms with Crippen LogP contribution in [0.2, 0.25) is 0 Å². The highest BCUT2D eigenvalue weighted by Gasteiger charge is 2.31. The fourth-order valence-corrected chi connectivity index (χ4v) is 3.56. The standard InChI is InChI=1S/C31H33F3N4/c1-29(2,3)22-8-12-24(13-9-22)38(25-14-10-23(11-15-25)30(4,5)6)18-17-21-7-16-27(37-20-21)26(35)19-28(36)31(32,33)34/h7-16,19-20,35H,36H2,1-6H3. The number of nitrogens with one attached hydrogen (secondary N) is 1. The Hall–Kier alpha value is -4.05. The van der Waals surface area contributed by atoms with Gasteiger partial charge in [-0.25, -0.2) is 0 Å². The summed E-state index contributed by atoms with van der Waals surface area (Å²) < 4.78 is 38.0. The van der Waals surface area contributed by atoms with E-state index in [4.69, 9.17) is 11.1 Å². The van der Waals surface area contributed by atoms with Crippen LogP contribution in [0.4, 0.5) is 24.5 Å². The van der Waals surface area contributed by atoms with Gasteiger partial charge < -0.3 is 5.73 Å². The lowest BCUT2D eigenvalue weighted by atomic mass is 9.87. The zero-order chi connectivity index (χ0) is 28.3. The Bertz CT molecular complexity index is 1300. The van der Waals surface area contributed by atoms with Crippen molar-refractivity contribution in [1.29, 1.82) is 5.41 Å². The van der Waals surface area contributed by atoms with Gasteiger partial charge in [0.1, 0.15) is 5.70 Å². The lowest BCUT2D eigenvalue weighted by Crippen LogP contribution is -2.20. The molecule has 198 valence electrons. The fraction of sp³-hybridized carbons (Fsp3) is 0.290. The first-order valence-electron chi connectivity index (χ1n) is 12.2. The Labute approximate surface area is 222 Å². The number of anilines is 2. The third-order valence-corrected chi connectivity index (χ3v) is 5.96. The third kappa shape index (κ3) is 7.25. The molecule has 0 fully saturated rings. The summed E-state index contributed by atoms with van der Waals surface area (Å²) in [5.41, 5.74) is 8.10. The van der Waals surface area contributed by atoms with Crippen LogP contribution in [0.3, 0.4) is 0 Å². The number of alkyl halides is 3. The Morgan fingerprint density at radius 2 is 1.29 bits per heavy atom. The van der Waals surface area contributed by atoms with Gasteiger partial charge in [-0.2, -0.15) is 13.2 Å². The van der Waals surface area contributed by atoms with Crippen LogP contribution >= 0.6 is 0 Å². The maximum Gasteiger partial charge on any atom is 0.430 e. The Morgan fingerprint density at radius 1 is 0.816 bits per heavy atom. The lowest BCUT2D eigenvalue weighted by Gasteiger charge is -2.23. The number of nitrogens with zero attached hydrogens (tertiary/aromatic N) is 2. The highest BCUT2D eigenvalue weighted by molar-refractivity contribution is 6.05. The van der Waals surface area contributed by atoms with E-state index in [2.05, 4.69) is 82.8 Å². The monoisotopic (exact) mass is 518 g/mol. The van der Waals surface area contributed by atoms with Gasteiger partial charge in [-0.05, 0) is 70.4 Å². The minimum absolute atomic E-state index is 0.0183. The number of halogens is 3. The van der Waals surface area contributed by atoms with E-state index in [-0.39, 0.29) is 16.5 Å². The Kier molecular flexibility index (Phi) is 8.06. The summed E-state index contributed by atoms with van der Waals surface area (Å²) in [5.74, 6) is 3.09. The molecule has 3 aromatic rings. The van der Waals surface area contributed by atoms with Crippen molar-refractivity contribution in [2.75, 3.05) is 4.90 Å². The second-order valence-electron chi connectivity index (χ2n) is 11.1. The SMILES string of the molecule is CC(C)(C)c1ccc(N(C#Cc2ccc(C(=N)C=C(N)C(F)(F)F)nc2)c2ccc(C(C)(C)C)cc2)cc1. The summed E-state index contributed by atoms with van der Waals surface area (Å²) in [6.07, 6.45) is -2.71. The van der Waals surface area contributed by atoms with Crippen LogP contribution in [-0.2, 0) is 10.8 Å². The molecule has 0 aliphatic rings. The molecule has 7 heteroatoms. The van der Waals surface area contributed by atoms with Gasteiger partial charge in [0.2, 0.25) is 0 Å². The average Bonchev–Trinajstić information content (AvgIpc) is 2.83. The highest BCUT2D eigenvalue weighted by Crippen LogP contribution is 2.31. The molecule has 2 aromatic carbocycles. The van der Waals surface area contributed by atoms with Crippen molar-refractivity contribution in [2.45, 2.75) is 58.5 Å². The smallest absolute Gasteiger partial charge is 0.395 e. The molecule has 0 bridgehead atoms. The summed E-state index contributed by atoms with van der Waals surface area (Å²) >= 11 is 0. The van der Waals surface area contributed by atoms with Crippen LogP contribution in [0.1, 0.15) is 63.9 Å². The second kappa shape index (κ2) is 10.7. The van der Waals surface area contributed by atoms with Crippen LogP contribution in [0.15, 0.2) is 78.6 Å². The van der Waals surface area contributed by atoms with E-state index >= 15 is 0 Å². The molecule has 1 aromatic heterocycles. The number of benzene rings is 2. The minimum atomic E-state index is -4.70. The molecule has 0 aliphatic heterocycles. The number of pyridine rings is 1. The molecule has 0 amide bonds. The van der Waals surface area contributed by atoms with Gasteiger partial charge in [-0.15, -0.1) is 0 Å². The third-order valence-electron chi connectivity index (χ3n) is 5.96. The van der Waals surface area contributed by atoms with E-state index < -0.39 is 17.6 Å². The topological polar surface area (TPSA) is 66.0 Å². The van der Waals surface area contributed by atoms with Gasteiger partial charge in [-0.1, -0.05) is 65.8 Å². The van der Waals surface area contributed by atoms with Gasteiger partial charge in [0.15, 0.2) is 0 Å². The molecular formula is C31H33F3N4. The molecule has 0 unspecified atom stereocenters. The first kappa shape index (κ1) is 28.5. The lowest BCUT2D eigenvalue weighted by molar-refractivity contribution is -0.0925. The molecule has 0 saturated heterocycles. The predicted molar refractivity (Wildman–Crippen MR) is 149 cm³/mol. The zero-order valence-corrected chi connectivity index (χ0v) is 22.5. The normalized spacial score (nSPS) is 12.5. The van der Waals surface area contributed by atoms with E-state index in [1.807, 2.05) is 29.2 Å². The maximum atomic E-state index is 12.7. The molecule has 0 aliphatic carbocycles. The van der Waals surface area contributed by atoms with Crippen LogP contribution in [0.25, 0.3) is 0 Å². The first-order chi connectivity index (χ1) is 17.6. The van der Waals surface area contributed by atoms with E-state index in [0.717, 1.165) is 11.4 Å². The molecule has 38 heavy (non-hydrogen) atoms. The maximum absolute atomic E-state index is 12.7. The number of nitrogens with two attached hydrogens (primary N) is 1. The van der Waals surface area contributed by atoms with E-state index in [1.54, 1.807) is 6.07 Å². The molecule has 0 saturated carbocycles. The van der Waals surface area contributed by atoms with Gasteiger partial charge in [-0.3, -0.25) is 15.3 Å². The predicted octanol–water partition coefficient (Wildman–Crippen LogP) is 7.60.